The van der Waals surface area contributed by atoms with E-state index in [-0.39, 0.29) is 0 Å². The van der Waals surface area contributed by atoms with Crippen molar-refractivity contribution in [1.82, 2.24) is 14.8 Å². The highest BCUT2D eigenvalue weighted by atomic mass is 32.2. The molecule has 0 radical (unpaired) electrons. The number of nitrogens with two attached hydrogens (primary N) is 1. The van der Waals surface area contributed by atoms with Gasteiger partial charge in [-0.3, -0.25) is 0 Å². The minimum absolute atomic E-state index is 0.662. The summed E-state index contributed by atoms with van der Waals surface area (Å²) in [5.41, 5.74) is 5.49. The molecule has 0 aliphatic heterocycles. The van der Waals surface area contributed by atoms with Crippen LogP contribution in [0.4, 0.5) is 0 Å². The van der Waals surface area contributed by atoms with Gasteiger partial charge in [-0.1, -0.05) is 17.8 Å². The highest BCUT2D eigenvalue weighted by molar-refractivity contribution is 7.99. The molecule has 0 aromatic carbocycles. The number of hydrogen-bond acceptors (Lipinski definition) is 7. The van der Waals surface area contributed by atoms with Crippen LogP contribution in [-0.4, -0.2) is 49.2 Å². The fraction of sp³-hybridized carbons (Fsp3) is 0.333. The number of carboxylic acids is 2. The molecule has 0 unspecified atom stereocenters. The first-order valence-electron chi connectivity index (χ1n) is 6.27. The summed E-state index contributed by atoms with van der Waals surface area (Å²) >= 11 is 3.34. The molecule has 0 fully saturated rings. The first kappa shape index (κ1) is 18.1. The molecule has 0 bridgehead atoms. The highest BCUT2D eigenvalue weighted by Crippen LogP contribution is 2.26. The van der Waals surface area contributed by atoms with Crippen LogP contribution in [0.1, 0.15) is 6.92 Å². The molecule has 0 amide bonds. The van der Waals surface area contributed by atoms with Crippen molar-refractivity contribution in [2.45, 2.75) is 18.6 Å². The number of nitrogens with zero attached hydrogens (tertiary/aromatic N) is 3. The summed E-state index contributed by atoms with van der Waals surface area (Å²) < 4.78 is 2.13. The predicted octanol–water partition coefficient (Wildman–Crippen LogP) is 1.23. The lowest BCUT2D eigenvalue weighted by atomic mass is 10.4. The second-order valence-corrected chi connectivity index (χ2v) is 5.78. The minimum Gasteiger partial charge on any atom is -0.473 e. The highest BCUT2D eigenvalue weighted by Gasteiger charge is 2.13. The Balaban J connectivity index is 0.000000346. The van der Waals surface area contributed by atoms with Gasteiger partial charge in [-0.2, -0.15) is 0 Å². The van der Waals surface area contributed by atoms with Gasteiger partial charge in [0.15, 0.2) is 11.0 Å². The van der Waals surface area contributed by atoms with Gasteiger partial charge in [0.05, 0.1) is 4.88 Å². The van der Waals surface area contributed by atoms with Gasteiger partial charge in [0.25, 0.3) is 0 Å². The molecule has 120 valence electrons. The smallest absolute Gasteiger partial charge is 0.414 e. The molecule has 2 aromatic rings. The summed E-state index contributed by atoms with van der Waals surface area (Å²) in [6.07, 6.45) is 0. The fourth-order valence-corrected chi connectivity index (χ4v) is 2.91. The molecule has 2 heterocycles. The van der Waals surface area contributed by atoms with Crippen LogP contribution < -0.4 is 5.73 Å². The van der Waals surface area contributed by atoms with Crippen LogP contribution in [0.25, 0.3) is 10.7 Å². The Morgan fingerprint density at radius 2 is 2.05 bits per heavy atom. The zero-order valence-electron chi connectivity index (χ0n) is 11.8. The second kappa shape index (κ2) is 9.18. The summed E-state index contributed by atoms with van der Waals surface area (Å²) in [5, 5.41) is 26.2. The van der Waals surface area contributed by atoms with Gasteiger partial charge in [-0.15, -0.1) is 21.5 Å². The number of hydrogen-bond donors (Lipinski definition) is 3. The normalized spacial score (nSPS) is 9.91. The van der Waals surface area contributed by atoms with E-state index in [9.17, 15) is 0 Å². The van der Waals surface area contributed by atoms with E-state index in [0.717, 1.165) is 28.2 Å². The average Bonchev–Trinajstić information content (AvgIpc) is 3.14. The number of carbonyl (C=O) groups is 2. The third kappa shape index (κ3) is 5.13. The summed E-state index contributed by atoms with van der Waals surface area (Å²) in [6, 6.07) is 4.10. The lowest BCUT2D eigenvalue weighted by Crippen LogP contribution is -2.09. The van der Waals surface area contributed by atoms with E-state index in [4.69, 9.17) is 25.5 Å². The third-order valence-electron chi connectivity index (χ3n) is 2.31. The van der Waals surface area contributed by atoms with Gasteiger partial charge in [0.2, 0.25) is 0 Å². The van der Waals surface area contributed by atoms with E-state index in [1.54, 1.807) is 23.1 Å². The van der Waals surface area contributed by atoms with Crippen LogP contribution in [-0.2, 0) is 16.1 Å². The maximum atomic E-state index is 9.10. The number of thioether (sulfide) groups is 1. The molecule has 0 atom stereocenters. The van der Waals surface area contributed by atoms with Crippen molar-refractivity contribution in [3.8, 4) is 10.7 Å². The van der Waals surface area contributed by atoms with Crippen molar-refractivity contribution in [2.24, 2.45) is 5.73 Å². The van der Waals surface area contributed by atoms with Gasteiger partial charge in [-0.25, -0.2) is 9.59 Å². The van der Waals surface area contributed by atoms with Crippen molar-refractivity contribution >= 4 is 35.0 Å². The molecule has 4 N–H and O–H groups in total. The van der Waals surface area contributed by atoms with E-state index < -0.39 is 11.9 Å². The number of rotatable bonds is 5. The van der Waals surface area contributed by atoms with E-state index >= 15 is 0 Å². The maximum Gasteiger partial charge on any atom is 0.414 e. The van der Waals surface area contributed by atoms with Gasteiger partial charge in [0.1, 0.15) is 0 Å². The van der Waals surface area contributed by atoms with Crippen LogP contribution >= 0.6 is 23.1 Å². The molecule has 0 aliphatic rings. The molecule has 0 spiro atoms. The molecule has 22 heavy (non-hydrogen) atoms. The van der Waals surface area contributed by atoms with Crippen LogP contribution in [0.15, 0.2) is 22.7 Å². The summed E-state index contributed by atoms with van der Waals surface area (Å²) in [6.45, 7) is 3.65. The quantitative estimate of drug-likeness (QED) is 0.545. The SMILES string of the molecule is CCn1c(SCCN)nnc1-c1cccs1.O=C(O)C(=O)O. The Morgan fingerprint density at radius 1 is 1.36 bits per heavy atom. The lowest BCUT2D eigenvalue weighted by Gasteiger charge is -2.04. The summed E-state index contributed by atoms with van der Waals surface area (Å²) in [4.78, 5) is 19.4. The van der Waals surface area contributed by atoms with E-state index in [1.165, 1.54) is 0 Å². The van der Waals surface area contributed by atoms with Gasteiger partial charge >= 0.3 is 11.9 Å². The second-order valence-electron chi connectivity index (χ2n) is 3.78. The van der Waals surface area contributed by atoms with Crippen molar-refractivity contribution in [3.05, 3.63) is 17.5 Å². The molecule has 0 aliphatic carbocycles. The first-order valence-corrected chi connectivity index (χ1v) is 8.13. The van der Waals surface area contributed by atoms with Crippen molar-refractivity contribution < 1.29 is 19.8 Å². The Bertz CT molecular complexity index is 601. The van der Waals surface area contributed by atoms with Crippen molar-refractivity contribution in [2.75, 3.05) is 12.3 Å². The zero-order chi connectivity index (χ0) is 16.5. The number of thiophene rings is 1. The average molecular weight is 344 g/mol. The third-order valence-corrected chi connectivity index (χ3v) is 4.17. The van der Waals surface area contributed by atoms with Crippen molar-refractivity contribution in [3.63, 3.8) is 0 Å². The van der Waals surface area contributed by atoms with Crippen LogP contribution in [0.3, 0.4) is 0 Å². The van der Waals surface area contributed by atoms with Gasteiger partial charge in [0, 0.05) is 18.8 Å². The number of aromatic nitrogens is 3. The number of carboxylic acid groups (broad SMARTS) is 2. The molecule has 0 saturated carbocycles. The predicted molar refractivity (Wildman–Crippen MR) is 84.1 cm³/mol. The Hall–Kier alpha value is -1.91. The molecule has 2 aromatic heterocycles. The molecule has 0 saturated heterocycles. The Kier molecular flexibility index (Phi) is 7.57. The molecular formula is C12H16N4O4S2. The first-order chi connectivity index (χ1) is 10.5. The summed E-state index contributed by atoms with van der Waals surface area (Å²) in [5.74, 6) is -1.82. The standard InChI is InChI=1S/C10H14N4S2.C2H2O4/c1-2-14-9(8-4-3-6-15-8)12-13-10(14)16-7-5-11;3-1(4)2(5)6/h3-4,6H,2,5,7,11H2,1H3;(H,3,4)(H,5,6). The van der Waals surface area contributed by atoms with E-state index in [0.29, 0.717) is 6.54 Å². The van der Waals surface area contributed by atoms with E-state index in [1.807, 2.05) is 6.07 Å². The van der Waals surface area contributed by atoms with Crippen LogP contribution in [0, 0.1) is 0 Å². The number of aliphatic carboxylic acids is 2. The largest absolute Gasteiger partial charge is 0.473 e. The van der Waals surface area contributed by atoms with Crippen LogP contribution in [0.2, 0.25) is 0 Å². The van der Waals surface area contributed by atoms with E-state index in [2.05, 4.69) is 33.1 Å². The molecule has 8 nitrogen and oxygen atoms in total. The van der Waals surface area contributed by atoms with Crippen LogP contribution in [0.5, 0.6) is 0 Å². The molecular weight excluding hydrogens is 328 g/mol. The van der Waals surface area contributed by atoms with Gasteiger partial charge in [-0.05, 0) is 18.4 Å². The van der Waals surface area contributed by atoms with Crippen molar-refractivity contribution in [1.29, 1.82) is 0 Å². The fourth-order valence-electron chi connectivity index (χ4n) is 1.42. The lowest BCUT2D eigenvalue weighted by molar-refractivity contribution is -0.159. The Labute approximate surface area is 135 Å². The minimum atomic E-state index is -1.82. The summed E-state index contributed by atoms with van der Waals surface area (Å²) in [7, 11) is 0. The zero-order valence-corrected chi connectivity index (χ0v) is 13.4. The maximum absolute atomic E-state index is 9.10. The monoisotopic (exact) mass is 344 g/mol. The topological polar surface area (TPSA) is 131 Å². The molecule has 10 heteroatoms. The van der Waals surface area contributed by atoms with Gasteiger partial charge < -0.3 is 20.5 Å². The molecule has 2 rings (SSSR count). The Morgan fingerprint density at radius 3 is 2.50 bits per heavy atom.